The number of likely N-dealkylation sites (N-methyl/N-ethyl adjacent to an activating group) is 1. The smallest absolute Gasteiger partial charge is 0.137 e. The maximum Gasteiger partial charge on any atom is 0.137 e. The molecular weight excluding hydrogens is 310 g/mol. The van der Waals surface area contributed by atoms with Gasteiger partial charge in [0.15, 0.2) is 0 Å². The van der Waals surface area contributed by atoms with Crippen LogP contribution in [0.15, 0.2) is 48.7 Å². The summed E-state index contributed by atoms with van der Waals surface area (Å²) in [6, 6.07) is 14.2. The molecule has 0 saturated carbocycles. The summed E-state index contributed by atoms with van der Waals surface area (Å²) in [5, 5.41) is 0. The third-order valence-electron chi connectivity index (χ3n) is 5.10. The van der Waals surface area contributed by atoms with E-state index in [1.54, 1.807) is 0 Å². The molecule has 1 fully saturated rings. The zero-order valence-electron chi connectivity index (χ0n) is 14.7. The first kappa shape index (κ1) is 16.1. The van der Waals surface area contributed by atoms with Gasteiger partial charge >= 0.3 is 0 Å². The van der Waals surface area contributed by atoms with E-state index >= 15 is 0 Å². The second kappa shape index (κ2) is 6.86. The molecule has 1 saturated heterocycles. The molecule has 0 atom stereocenters. The Morgan fingerprint density at radius 2 is 1.68 bits per heavy atom. The fourth-order valence-corrected chi connectivity index (χ4v) is 3.55. The van der Waals surface area contributed by atoms with E-state index < -0.39 is 0 Å². The zero-order chi connectivity index (χ0) is 17.2. The van der Waals surface area contributed by atoms with Crippen LogP contribution in [0.2, 0.25) is 0 Å². The summed E-state index contributed by atoms with van der Waals surface area (Å²) in [6.07, 6.45) is 2.11. The van der Waals surface area contributed by atoms with E-state index in [1.165, 1.54) is 5.69 Å². The number of nitrogen functional groups attached to an aromatic ring is 1. The quantitative estimate of drug-likeness (QED) is 0.745. The molecule has 0 amide bonds. The summed E-state index contributed by atoms with van der Waals surface area (Å²) in [4.78, 5) is 9.93. The first-order valence-electron chi connectivity index (χ1n) is 9.01. The van der Waals surface area contributed by atoms with Crippen molar-refractivity contribution < 1.29 is 0 Å². The van der Waals surface area contributed by atoms with Gasteiger partial charge in [-0.15, -0.1) is 0 Å². The van der Waals surface area contributed by atoms with E-state index in [0.29, 0.717) is 0 Å². The molecule has 0 unspecified atom stereocenters. The summed E-state index contributed by atoms with van der Waals surface area (Å²) in [7, 11) is 0. The predicted octanol–water partition coefficient (Wildman–Crippen LogP) is 2.72. The molecular formula is C20H25N5. The van der Waals surface area contributed by atoms with Gasteiger partial charge in [0.1, 0.15) is 5.65 Å². The van der Waals surface area contributed by atoms with Crippen molar-refractivity contribution in [3.8, 4) is 11.3 Å². The molecule has 3 aromatic rings. The number of nitrogens with two attached hydrogens (primary N) is 1. The molecule has 2 aromatic heterocycles. The van der Waals surface area contributed by atoms with Crippen molar-refractivity contribution in [2.75, 3.05) is 38.5 Å². The number of benzene rings is 1. The molecule has 1 aromatic carbocycles. The molecule has 0 radical (unpaired) electrons. The van der Waals surface area contributed by atoms with E-state index in [1.807, 2.05) is 18.2 Å². The van der Waals surface area contributed by atoms with Crippen LogP contribution in [0.4, 0.5) is 5.69 Å². The standard InChI is InChI=1S/C20H25N5/c1-2-23-11-13-24(14-12-23)15-18-20(16-6-8-17(21)9-7-16)22-19-5-3-4-10-25(18)19/h3-10H,2,11-15,21H2,1H3. The predicted molar refractivity (Wildman–Crippen MR) is 102 cm³/mol. The van der Waals surface area contributed by atoms with Gasteiger partial charge in [0.25, 0.3) is 0 Å². The molecule has 0 bridgehead atoms. The van der Waals surface area contributed by atoms with Gasteiger partial charge in [-0.2, -0.15) is 0 Å². The molecule has 1 aliphatic heterocycles. The summed E-state index contributed by atoms with van der Waals surface area (Å²) >= 11 is 0. The highest BCUT2D eigenvalue weighted by atomic mass is 15.3. The molecule has 0 spiro atoms. The Morgan fingerprint density at radius 1 is 0.960 bits per heavy atom. The van der Waals surface area contributed by atoms with Crippen LogP contribution in [0, 0.1) is 0 Å². The number of hydrogen-bond donors (Lipinski definition) is 1. The summed E-state index contributed by atoms with van der Waals surface area (Å²) in [5.74, 6) is 0. The number of piperazine rings is 1. The van der Waals surface area contributed by atoms with Crippen LogP contribution in [0.25, 0.3) is 16.9 Å². The van der Waals surface area contributed by atoms with Gasteiger partial charge < -0.3 is 15.0 Å². The number of hydrogen-bond acceptors (Lipinski definition) is 4. The van der Waals surface area contributed by atoms with Crippen molar-refractivity contribution in [2.24, 2.45) is 0 Å². The molecule has 5 heteroatoms. The van der Waals surface area contributed by atoms with Crippen LogP contribution < -0.4 is 5.73 Å². The second-order valence-electron chi connectivity index (χ2n) is 6.67. The highest BCUT2D eigenvalue weighted by molar-refractivity contribution is 5.68. The largest absolute Gasteiger partial charge is 0.399 e. The minimum atomic E-state index is 0.782. The molecule has 3 heterocycles. The second-order valence-corrected chi connectivity index (χ2v) is 6.67. The van der Waals surface area contributed by atoms with Gasteiger partial charge in [0.2, 0.25) is 0 Å². The van der Waals surface area contributed by atoms with Gasteiger partial charge in [0, 0.05) is 50.2 Å². The topological polar surface area (TPSA) is 49.8 Å². The van der Waals surface area contributed by atoms with Crippen LogP contribution in [-0.4, -0.2) is 51.9 Å². The Bertz CT molecular complexity index is 844. The molecule has 1 aliphatic rings. The number of nitrogens with zero attached hydrogens (tertiary/aromatic N) is 4. The van der Waals surface area contributed by atoms with Gasteiger partial charge in [0.05, 0.1) is 11.4 Å². The third kappa shape index (κ3) is 3.25. The SMILES string of the molecule is CCN1CCN(Cc2c(-c3ccc(N)cc3)nc3ccccn23)CC1. The average Bonchev–Trinajstić information content (AvgIpc) is 3.02. The maximum atomic E-state index is 5.86. The molecule has 4 rings (SSSR count). The number of imidazole rings is 1. The molecule has 5 nitrogen and oxygen atoms in total. The van der Waals surface area contributed by atoms with Crippen LogP contribution >= 0.6 is 0 Å². The Hall–Kier alpha value is -2.37. The minimum absolute atomic E-state index is 0.782. The van der Waals surface area contributed by atoms with Gasteiger partial charge in [-0.1, -0.05) is 25.1 Å². The average molecular weight is 335 g/mol. The first-order chi connectivity index (χ1) is 12.2. The Morgan fingerprint density at radius 3 is 2.40 bits per heavy atom. The van der Waals surface area contributed by atoms with Gasteiger partial charge in [-0.25, -0.2) is 4.98 Å². The molecule has 130 valence electrons. The number of fused-ring (bicyclic) bond motifs is 1. The molecule has 2 N–H and O–H groups in total. The Balaban J connectivity index is 1.69. The highest BCUT2D eigenvalue weighted by Gasteiger charge is 2.20. The lowest BCUT2D eigenvalue weighted by Gasteiger charge is -2.34. The van der Waals surface area contributed by atoms with E-state index in [-0.39, 0.29) is 0 Å². The number of rotatable bonds is 4. The van der Waals surface area contributed by atoms with Crippen molar-refractivity contribution >= 4 is 11.3 Å². The number of aromatic nitrogens is 2. The number of pyridine rings is 1. The summed E-state index contributed by atoms with van der Waals surface area (Å²) in [6.45, 7) is 8.79. The highest BCUT2D eigenvalue weighted by Crippen LogP contribution is 2.26. The van der Waals surface area contributed by atoms with Crippen LogP contribution in [0.1, 0.15) is 12.6 Å². The lowest BCUT2D eigenvalue weighted by molar-refractivity contribution is 0.131. The minimum Gasteiger partial charge on any atom is -0.399 e. The van der Waals surface area contributed by atoms with E-state index in [0.717, 1.165) is 61.9 Å². The molecule has 0 aliphatic carbocycles. The Labute approximate surface area is 148 Å². The van der Waals surface area contributed by atoms with Crippen molar-refractivity contribution in [1.82, 2.24) is 19.2 Å². The van der Waals surface area contributed by atoms with Crippen molar-refractivity contribution in [3.05, 3.63) is 54.4 Å². The van der Waals surface area contributed by atoms with Crippen LogP contribution in [-0.2, 0) is 6.54 Å². The monoisotopic (exact) mass is 335 g/mol. The van der Waals surface area contributed by atoms with Crippen LogP contribution in [0.3, 0.4) is 0 Å². The van der Waals surface area contributed by atoms with Crippen LogP contribution in [0.5, 0.6) is 0 Å². The number of anilines is 1. The van der Waals surface area contributed by atoms with E-state index in [2.05, 4.69) is 51.6 Å². The van der Waals surface area contributed by atoms with Crippen molar-refractivity contribution in [1.29, 1.82) is 0 Å². The summed E-state index contributed by atoms with van der Waals surface area (Å²) in [5.41, 5.74) is 11.1. The normalized spacial score (nSPS) is 16.5. The van der Waals surface area contributed by atoms with E-state index in [4.69, 9.17) is 10.7 Å². The first-order valence-corrected chi connectivity index (χ1v) is 9.01. The zero-order valence-corrected chi connectivity index (χ0v) is 14.7. The van der Waals surface area contributed by atoms with Crippen molar-refractivity contribution in [3.63, 3.8) is 0 Å². The lowest BCUT2D eigenvalue weighted by atomic mass is 10.1. The van der Waals surface area contributed by atoms with Gasteiger partial charge in [-0.3, -0.25) is 4.90 Å². The Kier molecular flexibility index (Phi) is 4.42. The van der Waals surface area contributed by atoms with Gasteiger partial charge in [-0.05, 0) is 30.8 Å². The fourth-order valence-electron chi connectivity index (χ4n) is 3.55. The molecule has 25 heavy (non-hydrogen) atoms. The fraction of sp³-hybridized carbons (Fsp3) is 0.350. The van der Waals surface area contributed by atoms with Crippen molar-refractivity contribution in [2.45, 2.75) is 13.5 Å². The van der Waals surface area contributed by atoms with E-state index in [9.17, 15) is 0 Å². The maximum absolute atomic E-state index is 5.86. The lowest BCUT2D eigenvalue weighted by Crippen LogP contribution is -2.45. The summed E-state index contributed by atoms with van der Waals surface area (Å²) < 4.78 is 2.22. The third-order valence-corrected chi connectivity index (χ3v) is 5.10.